The lowest BCUT2D eigenvalue weighted by molar-refractivity contribution is 0.0861. The highest BCUT2D eigenvalue weighted by Crippen LogP contribution is 2.40. The van der Waals surface area contributed by atoms with Crippen LogP contribution in [0.15, 0.2) is 12.2 Å². The highest BCUT2D eigenvalue weighted by Gasteiger charge is 2.32. The maximum atomic E-state index is 2.78. The zero-order valence-corrected chi connectivity index (χ0v) is 18.3. The minimum Gasteiger partial charge on any atom is -0.303 e. The fourth-order valence-corrected chi connectivity index (χ4v) is 5.18. The Hall–Kier alpha value is -0.340. The summed E-state index contributed by atoms with van der Waals surface area (Å²) in [7, 11) is 0. The summed E-state index contributed by atoms with van der Waals surface area (Å²) in [5, 5.41) is 0. The lowest BCUT2D eigenvalue weighted by Crippen LogP contribution is -2.41. The Morgan fingerprint density at radius 1 is 0.962 bits per heavy atom. The first kappa shape index (κ1) is 22.0. The highest BCUT2D eigenvalue weighted by atomic mass is 15.1. The van der Waals surface area contributed by atoms with Gasteiger partial charge in [0.15, 0.2) is 0 Å². The summed E-state index contributed by atoms with van der Waals surface area (Å²) < 4.78 is 0. The van der Waals surface area contributed by atoms with Gasteiger partial charge in [0.2, 0.25) is 0 Å². The average Bonchev–Trinajstić information content (AvgIpc) is 2.63. The van der Waals surface area contributed by atoms with E-state index in [0.29, 0.717) is 5.41 Å². The first-order valence-corrected chi connectivity index (χ1v) is 11.7. The summed E-state index contributed by atoms with van der Waals surface area (Å²) in [5.41, 5.74) is 0.610. The molecule has 2 aliphatic rings. The molecule has 0 N–H and O–H groups in total. The molecule has 26 heavy (non-hydrogen) atoms. The minimum atomic E-state index is 0.610. The molecule has 2 heterocycles. The molecule has 152 valence electrons. The van der Waals surface area contributed by atoms with Crippen molar-refractivity contribution in [3.8, 4) is 0 Å². The number of hydrogen-bond acceptors (Lipinski definition) is 2. The largest absolute Gasteiger partial charge is 0.303 e. The van der Waals surface area contributed by atoms with Crippen LogP contribution in [0.5, 0.6) is 0 Å². The van der Waals surface area contributed by atoms with Crippen LogP contribution in [-0.2, 0) is 0 Å². The molecule has 0 spiro atoms. The SMILES string of the molecule is CC/C=C/CC1(CCC)CCN(CCC2CCN(CC(C)C)CC2)CC1. The van der Waals surface area contributed by atoms with Gasteiger partial charge in [-0.05, 0) is 101 Å². The van der Waals surface area contributed by atoms with Crippen LogP contribution in [0.2, 0.25) is 0 Å². The van der Waals surface area contributed by atoms with Gasteiger partial charge in [-0.15, -0.1) is 0 Å². The maximum absolute atomic E-state index is 2.78. The first-order valence-electron chi connectivity index (χ1n) is 11.7. The summed E-state index contributed by atoms with van der Waals surface area (Å²) >= 11 is 0. The van der Waals surface area contributed by atoms with Gasteiger partial charge in [0, 0.05) is 6.54 Å². The molecule has 2 heteroatoms. The fourth-order valence-electron chi connectivity index (χ4n) is 5.18. The molecule has 2 saturated heterocycles. The molecule has 0 atom stereocenters. The normalized spacial score (nSPS) is 23.3. The van der Waals surface area contributed by atoms with E-state index in [1.54, 1.807) is 0 Å². The standard InChI is InChI=1S/C24H46N2/c1-5-7-8-13-24(12-6-2)14-19-25(20-15-24)16-9-23-10-17-26(18-11-23)21-22(3)4/h7-8,22-23H,5-6,9-21H2,1-4H3/b8-7+. The van der Waals surface area contributed by atoms with E-state index in [1.807, 2.05) is 0 Å². The second-order valence-corrected chi connectivity index (χ2v) is 9.60. The third-order valence-corrected chi connectivity index (χ3v) is 6.83. The lowest BCUT2D eigenvalue weighted by Gasteiger charge is -2.42. The van der Waals surface area contributed by atoms with E-state index in [4.69, 9.17) is 0 Å². The quantitative estimate of drug-likeness (QED) is 0.441. The molecule has 0 amide bonds. The Bertz CT molecular complexity index is 385. The van der Waals surface area contributed by atoms with Crippen LogP contribution >= 0.6 is 0 Å². The second kappa shape index (κ2) is 11.5. The number of hydrogen-bond donors (Lipinski definition) is 0. The van der Waals surface area contributed by atoms with Crippen molar-refractivity contribution in [3.63, 3.8) is 0 Å². The van der Waals surface area contributed by atoms with E-state index in [0.717, 1.165) is 11.8 Å². The molecule has 0 radical (unpaired) electrons. The molecule has 2 fully saturated rings. The van der Waals surface area contributed by atoms with Crippen molar-refractivity contribution in [2.75, 3.05) is 39.3 Å². The van der Waals surface area contributed by atoms with Crippen molar-refractivity contribution in [2.24, 2.45) is 17.3 Å². The van der Waals surface area contributed by atoms with E-state index in [9.17, 15) is 0 Å². The van der Waals surface area contributed by atoms with Gasteiger partial charge in [0.1, 0.15) is 0 Å². The van der Waals surface area contributed by atoms with Crippen LogP contribution < -0.4 is 0 Å². The zero-order valence-electron chi connectivity index (χ0n) is 18.3. The monoisotopic (exact) mass is 362 g/mol. The van der Waals surface area contributed by atoms with E-state index in [1.165, 1.54) is 97.1 Å². The molecule has 0 saturated carbocycles. The van der Waals surface area contributed by atoms with Gasteiger partial charge in [0.05, 0.1) is 0 Å². The van der Waals surface area contributed by atoms with Crippen LogP contribution in [0.4, 0.5) is 0 Å². The highest BCUT2D eigenvalue weighted by molar-refractivity contribution is 4.94. The van der Waals surface area contributed by atoms with Gasteiger partial charge in [-0.25, -0.2) is 0 Å². The summed E-state index contributed by atoms with van der Waals surface area (Å²) in [6.45, 7) is 17.3. The summed E-state index contributed by atoms with van der Waals surface area (Å²) in [6.07, 6.45) is 17.2. The number of piperidine rings is 2. The van der Waals surface area contributed by atoms with Crippen molar-refractivity contribution in [1.29, 1.82) is 0 Å². The minimum absolute atomic E-state index is 0.610. The Labute approximate surface area is 164 Å². The molecular formula is C24H46N2. The Balaban J connectivity index is 1.67. The molecule has 0 aromatic heterocycles. The average molecular weight is 363 g/mol. The second-order valence-electron chi connectivity index (χ2n) is 9.60. The van der Waals surface area contributed by atoms with Crippen LogP contribution in [0.3, 0.4) is 0 Å². The number of rotatable bonds is 10. The molecule has 0 aromatic rings. The number of nitrogens with zero attached hydrogens (tertiary/aromatic N) is 2. The van der Waals surface area contributed by atoms with E-state index in [-0.39, 0.29) is 0 Å². The Morgan fingerprint density at radius 2 is 1.65 bits per heavy atom. The third kappa shape index (κ3) is 7.35. The predicted molar refractivity (Wildman–Crippen MR) is 116 cm³/mol. The number of allylic oxidation sites excluding steroid dienone is 2. The van der Waals surface area contributed by atoms with E-state index >= 15 is 0 Å². The number of likely N-dealkylation sites (tertiary alicyclic amines) is 2. The van der Waals surface area contributed by atoms with E-state index < -0.39 is 0 Å². The molecule has 2 aliphatic heterocycles. The molecular weight excluding hydrogens is 316 g/mol. The van der Waals surface area contributed by atoms with Crippen LogP contribution in [0.1, 0.15) is 85.5 Å². The Kier molecular flexibility index (Phi) is 9.70. The Morgan fingerprint density at radius 3 is 2.23 bits per heavy atom. The van der Waals surface area contributed by atoms with Gasteiger partial charge in [-0.1, -0.05) is 46.3 Å². The summed E-state index contributed by atoms with van der Waals surface area (Å²) in [5.74, 6) is 1.80. The van der Waals surface area contributed by atoms with Gasteiger partial charge >= 0.3 is 0 Å². The molecule has 2 nitrogen and oxygen atoms in total. The predicted octanol–water partition coefficient (Wildman–Crippen LogP) is 5.98. The van der Waals surface area contributed by atoms with Crippen molar-refractivity contribution < 1.29 is 0 Å². The van der Waals surface area contributed by atoms with Gasteiger partial charge in [-0.3, -0.25) is 0 Å². The van der Waals surface area contributed by atoms with Crippen molar-refractivity contribution in [2.45, 2.75) is 85.5 Å². The zero-order chi connectivity index (χ0) is 18.8. The van der Waals surface area contributed by atoms with Crippen LogP contribution in [0, 0.1) is 17.3 Å². The molecule has 2 rings (SSSR count). The lowest BCUT2D eigenvalue weighted by atomic mass is 9.72. The van der Waals surface area contributed by atoms with Crippen molar-refractivity contribution >= 4 is 0 Å². The van der Waals surface area contributed by atoms with E-state index in [2.05, 4.69) is 49.6 Å². The molecule has 0 bridgehead atoms. The topological polar surface area (TPSA) is 6.48 Å². The maximum Gasteiger partial charge on any atom is 0.000439 e. The van der Waals surface area contributed by atoms with Crippen molar-refractivity contribution in [1.82, 2.24) is 9.80 Å². The van der Waals surface area contributed by atoms with Gasteiger partial charge in [-0.2, -0.15) is 0 Å². The van der Waals surface area contributed by atoms with Gasteiger partial charge in [0.25, 0.3) is 0 Å². The van der Waals surface area contributed by atoms with Crippen LogP contribution in [0.25, 0.3) is 0 Å². The van der Waals surface area contributed by atoms with Crippen molar-refractivity contribution in [3.05, 3.63) is 12.2 Å². The molecule has 0 aliphatic carbocycles. The fraction of sp³-hybridized carbons (Fsp3) is 0.917. The summed E-state index contributed by atoms with van der Waals surface area (Å²) in [4.78, 5) is 5.46. The smallest absolute Gasteiger partial charge is 0.000439 e. The third-order valence-electron chi connectivity index (χ3n) is 6.83. The summed E-state index contributed by atoms with van der Waals surface area (Å²) in [6, 6.07) is 0. The van der Waals surface area contributed by atoms with Gasteiger partial charge < -0.3 is 9.80 Å². The first-order chi connectivity index (χ1) is 12.6. The molecule has 0 unspecified atom stereocenters. The molecule has 0 aromatic carbocycles. The van der Waals surface area contributed by atoms with Crippen LogP contribution in [-0.4, -0.2) is 49.1 Å².